The van der Waals surface area contributed by atoms with Crippen molar-refractivity contribution in [3.05, 3.63) is 29.8 Å². The van der Waals surface area contributed by atoms with Gasteiger partial charge < -0.3 is 9.64 Å². The third-order valence-corrected chi connectivity index (χ3v) is 5.73. The number of methoxy groups -OCH3 is 1. The first kappa shape index (κ1) is 18.4. The van der Waals surface area contributed by atoms with Crippen LogP contribution >= 0.6 is 0 Å². The zero-order valence-electron chi connectivity index (χ0n) is 15.9. The lowest BCUT2D eigenvalue weighted by molar-refractivity contribution is -0.124. The topological polar surface area (TPSA) is 36.0 Å². The molecule has 1 aromatic rings. The lowest BCUT2D eigenvalue weighted by Gasteiger charge is -2.42. The molecule has 3 atom stereocenters. The van der Waals surface area contributed by atoms with Crippen LogP contribution in [0.4, 0.5) is 5.69 Å². The van der Waals surface area contributed by atoms with Crippen molar-refractivity contribution in [2.24, 2.45) is 0 Å². The van der Waals surface area contributed by atoms with Crippen molar-refractivity contribution in [2.75, 3.05) is 44.8 Å². The molecular weight excluding hydrogens is 314 g/mol. The first-order chi connectivity index (χ1) is 12.0. The first-order valence-corrected chi connectivity index (χ1v) is 9.41. The number of fused-ring (bicyclic) bond motifs is 1. The van der Waals surface area contributed by atoms with Crippen molar-refractivity contribution in [3.63, 3.8) is 0 Å². The summed E-state index contributed by atoms with van der Waals surface area (Å²) in [6.45, 7) is 11.0. The Bertz CT molecular complexity index is 606. The smallest absolute Gasteiger partial charge is 0.244 e. The number of rotatable bonds is 5. The Kier molecular flexibility index (Phi) is 5.77. The van der Waals surface area contributed by atoms with Gasteiger partial charge in [-0.1, -0.05) is 18.2 Å². The summed E-state index contributed by atoms with van der Waals surface area (Å²) in [7, 11) is 1.75. The van der Waals surface area contributed by atoms with Crippen molar-refractivity contribution >= 4 is 11.6 Å². The summed E-state index contributed by atoms with van der Waals surface area (Å²) >= 11 is 0. The zero-order valence-corrected chi connectivity index (χ0v) is 15.9. The molecule has 0 aliphatic carbocycles. The summed E-state index contributed by atoms with van der Waals surface area (Å²) in [5, 5.41) is 0. The van der Waals surface area contributed by atoms with E-state index in [1.165, 1.54) is 5.56 Å². The van der Waals surface area contributed by atoms with Gasteiger partial charge in [0.05, 0.1) is 12.6 Å². The highest BCUT2D eigenvalue weighted by Crippen LogP contribution is 2.32. The monoisotopic (exact) mass is 345 g/mol. The Morgan fingerprint density at radius 2 is 2.00 bits per heavy atom. The maximum absolute atomic E-state index is 13.2. The van der Waals surface area contributed by atoms with Crippen LogP contribution in [0.3, 0.4) is 0 Å². The van der Waals surface area contributed by atoms with Crippen LogP contribution in [-0.2, 0) is 16.0 Å². The number of anilines is 1. The van der Waals surface area contributed by atoms with Crippen molar-refractivity contribution < 1.29 is 9.53 Å². The van der Waals surface area contributed by atoms with E-state index in [2.05, 4.69) is 48.8 Å². The van der Waals surface area contributed by atoms with E-state index < -0.39 is 0 Å². The molecule has 0 bridgehead atoms. The molecule has 0 aromatic heterocycles. The van der Waals surface area contributed by atoms with E-state index in [9.17, 15) is 4.79 Å². The number of nitrogens with zero attached hydrogens (tertiary/aromatic N) is 3. The van der Waals surface area contributed by atoms with Gasteiger partial charge in [0.15, 0.2) is 0 Å². The summed E-state index contributed by atoms with van der Waals surface area (Å²) in [5.74, 6) is 0.231. The van der Waals surface area contributed by atoms with Crippen molar-refractivity contribution in [3.8, 4) is 0 Å². The average molecular weight is 345 g/mol. The number of carbonyl (C=O) groups is 1. The molecule has 0 saturated carbocycles. The number of para-hydroxylation sites is 1. The molecule has 0 N–H and O–H groups in total. The van der Waals surface area contributed by atoms with E-state index in [4.69, 9.17) is 4.74 Å². The second-order valence-electron chi connectivity index (χ2n) is 7.44. The summed E-state index contributed by atoms with van der Waals surface area (Å²) < 4.78 is 5.20. The minimum atomic E-state index is -0.0827. The third-order valence-electron chi connectivity index (χ3n) is 5.73. The summed E-state index contributed by atoms with van der Waals surface area (Å²) in [6, 6.07) is 8.91. The quantitative estimate of drug-likeness (QED) is 0.818. The number of ether oxygens (including phenoxy) is 1. The predicted molar refractivity (Wildman–Crippen MR) is 101 cm³/mol. The number of piperazine rings is 1. The van der Waals surface area contributed by atoms with Gasteiger partial charge in [0.1, 0.15) is 0 Å². The van der Waals surface area contributed by atoms with E-state index >= 15 is 0 Å². The van der Waals surface area contributed by atoms with Crippen LogP contribution in [0.15, 0.2) is 24.3 Å². The van der Waals surface area contributed by atoms with Gasteiger partial charge in [-0.05, 0) is 38.8 Å². The molecule has 0 radical (unpaired) electrons. The Labute approximate surface area is 151 Å². The van der Waals surface area contributed by atoms with Gasteiger partial charge in [0.2, 0.25) is 5.91 Å². The van der Waals surface area contributed by atoms with Gasteiger partial charge in [-0.3, -0.25) is 14.6 Å². The number of amides is 1. The number of benzene rings is 1. The van der Waals surface area contributed by atoms with Crippen molar-refractivity contribution in [2.45, 2.75) is 45.3 Å². The first-order valence-electron chi connectivity index (χ1n) is 9.41. The van der Waals surface area contributed by atoms with Crippen molar-refractivity contribution in [1.29, 1.82) is 0 Å². The lowest BCUT2D eigenvalue weighted by Crippen LogP contribution is -2.58. The Hall–Kier alpha value is -1.43. The summed E-state index contributed by atoms with van der Waals surface area (Å²) in [6.07, 6.45) is 0.954. The van der Waals surface area contributed by atoms with E-state index in [1.54, 1.807) is 7.11 Å². The van der Waals surface area contributed by atoms with Gasteiger partial charge in [-0.15, -0.1) is 0 Å². The van der Waals surface area contributed by atoms with Crippen LogP contribution < -0.4 is 4.90 Å². The molecule has 3 rings (SSSR count). The number of hydrogen-bond donors (Lipinski definition) is 0. The molecule has 5 heteroatoms. The van der Waals surface area contributed by atoms with E-state index in [0.717, 1.165) is 44.9 Å². The molecule has 1 amide bonds. The molecule has 138 valence electrons. The van der Waals surface area contributed by atoms with Gasteiger partial charge in [-0.25, -0.2) is 0 Å². The van der Waals surface area contributed by atoms with E-state index in [1.807, 2.05) is 11.0 Å². The molecule has 0 spiro atoms. The molecule has 1 saturated heterocycles. The molecule has 2 heterocycles. The molecule has 25 heavy (non-hydrogen) atoms. The van der Waals surface area contributed by atoms with Crippen LogP contribution in [0.2, 0.25) is 0 Å². The normalized spacial score (nSPS) is 25.8. The third kappa shape index (κ3) is 3.73. The Morgan fingerprint density at radius 1 is 1.24 bits per heavy atom. The molecule has 0 unspecified atom stereocenters. The SMILES string of the molecule is COCCN1CCN([C@H](C)C(=O)N2c3ccccc3C[C@H]2C)C[C@H]1C. The van der Waals surface area contributed by atoms with Gasteiger partial charge in [0.25, 0.3) is 0 Å². The molecule has 1 aromatic carbocycles. The largest absolute Gasteiger partial charge is 0.383 e. The summed E-state index contributed by atoms with van der Waals surface area (Å²) in [5.41, 5.74) is 2.38. The Morgan fingerprint density at radius 3 is 2.72 bits per heavy atom. The molecule has 2 aliphatic heterocycles. The molecule has 1 fully saturated rings. The highest BCUT2D eigenvalue weighted by Gasteiger charge is 2.36. The second-order valence-corrected chi connectivity index (χ2v) is 7.44. The van der Waals surface area contributed by atoms with Crippen molar-refractivity contribution in [1.82, 2.24) is 9.80 Å². The maximum Gasteiger partial charge on any atom is 0.244 e. The maximum atomic E-state index is 13.2. The van der Waals surface area contributed by atoms with E-state index in [0.29, 0.717) is 6.04 Å². The average Bonchev–Trinajstić information content (AvgIpc) is 2.95. The highest BCUT2D eigenvalue weighted by atomic mass is 16.5. The second kappa shape index (κ2) is 7.85. The van der Waals surface area contributed by atoms with Gasteiger partial charge >= 0.3 is 0 Å². The summed E-state index contributed by atoms with van der Waals surface area (Å²) in [4.78, 5) is 20.0. The van der Waals surface area contributed by atoms with Crippen LogP contribution in [0.5, 0.6) is 0 Å². The predicted octanol–water partition coefficient (Wildman–Crippen LogP) is 2.01. The molecule has 2 aliphatic rings. The highest BCUT2D eigenvalue weighted by molar-refractivity contribution is 5.99. The molecular formula is C20H31N3O2. The van der Waals surface area contributed by atoms with Crippen LogP contribution in [-0.4, -0.2) is 73.7 Å². The number of carbonyl (C=O) groups excluding carboxylic acids is 1. The lowest BCUT2D eigenvalue weighted by atomic mass is 10.1. The minimum Gasteiger partial charge on any atom is -0.383 e. The number of hydrogen-bond acceptors (Lipinski definition) is 4. The standard InChI is InChI=1S/C20H31N3O2/c1-15-13-18-7-5-6-8-19(18)23(15)20(24)17(3)22-10-9-21(11-12-25-4)16(2)14-22/h5-8,15-17H,9-14H2,1-4H3/t15-,16-,17-/m1/s1. The fraction of sp³-hybridized carbons (Fsp3) is 0.650. The fourth-order valence-corrected chi connectivity index (χ4v) is 4.17. The van der Waals surface area contributed by atoms with Gasteiger partial charge in [-0.2, -0.15) is 0 Å². The van der Waals surface area contributed by atoms with Crippen LogP contribution in [0.1, 0.15) is 26.3 Å². The van der Waals surface area contributed by atoms with Gasteiger partial charge in [0, 0.05) is 51.1 Å². The minimum absolute atomic E-state index is 0.0827. The van der Waals surface area contributed by atoms with Crippen LogP contribution in [0, 0.1) is 0 Å². The molecule has 5 nitrogen and oxygen atoms in total. The Balaban J connectivity index is 1.65. The zero-order chi connectivity index (χ0) is 18.0. The van der Waals surface area contributed by atoms with Crippen LogP contribution in [0.25, 0.3) is 0 Å². The van der Waals surface area contributed by atoms with E-state index in [-0.39, 0.29) is 18.0 Å². The fourth-order valence-electron chi connectivity index (χ4n) is 4.17.